The summed E-state index contributed by atoms with van der Waals surface area (Å²) in [4.78, 5) is 26.9. The van der Waals surface area contributed by atoms with Crippen LogP contribution in [0.1, 0.15) is 60.4 Å². The molecule has 226 valence electrons. The van der Waals surface area contributed by atoms with Gasteiger partial charge in [0.2, 0.25) is 0 Å². The lowest BCUT2D eigenvalue weighted by Crippen LogP contribution is -2.51. The van der Waals surface area contributed by atoms with E-state index in [4.69, 9.17) is 4.74 Å². The largest absolute Gasteiger partial charge is 0.467 e. The second-order valence-corrected chi connectivity index (χ2v) is 9.24. The van der Waals surface area contributed by atoms with E-state index in [-0.39, 0.29) is 36.9 Å². The van der Waals surface area contributed by atoms with Crippen molar-refractivity contribution in [2.45, 2.75) is 62.8 Å². The molecule has 0 radical (unpaired) electrons. The molecule has 0 saturated heterocycles. The number of esters is 1. The maximum absolute atomic E-state index is 13.7. The van der Waals surface area contributed by atoms with E-state index in [1.165, 1.54) is 13.8 Å². The average molecular weight is 601 g/mol. The van der Waals surface area contributed by atoms with E-state index >= 15 is 0 Å². The summed E-state index contributed by atoms with van der Waals surface area (Å²) in [6, 6.07) is 0.917. The van der Waals surface area contributed by atoms with Crippen molar-refractivity contribution >= 4 is 17.7 Å². The number of methoxy groups -OCH3 is 1. The van der Waals surface area contributed by atoms with Gasteiger partial charge in [0.05, 0.1) is 36.1 Å². The molecule has 0 aromatic heterocycles. The minimum Gasteiger partial charge on any atom is -0.467 e. The van der Waals surface area contributed by atoms with Crippen LogP contribution in [-0.4, -0.2) is 36.9 Å². The number of hydrogen-bond donors (Lipinski definition) is 1. The van der Waals surface area contributed by atoms with Gasteiger partial charge in [0.1, 0.15) is 0 Å². The molecule has 0 aliphatic carbocycles. The number of nitrogens with zero attached hydrogens (tertiary/aromatic N) is 1. The number of ether oxygens (including phenoxy) is 2. The van der Waals surface area contributed by atoms with Crippen molar-refractivity contribution in [1.29, 1.82) is 0 Å². The molecule has 0 spiro atoms. The predicted molar refractivity (Wildman–Crippen MR) is 125 cm³/mol. The van der Waals surface area contributed by atoms with Gasteiger partial charge in [-0.05, 0) is 67.3 Å². The molecule has 15 heteroatoms. The zero-order valence-electron chi connectivity index (χ0n) is 21.7. The fourth-order valence-electron chi connectivity index (χ4n) is 4.91. The number of fused-ring (bicyclic) bond motifs is 1. The SMILES string of the molecule is CCOC(=O)N1c2ccc(C(F)(F)F)cc2[C@H]([C@](O)(C(=O)OC)c2cc(C(F)(F)F)cc(C(F)(F)F)c2)C[C@H]1CC. The summed E-state index contributed by atoms with van der Waals surface area (Å²) in [6.45, 7) is 2.86. The summed E-state index contributed by atoms with van der Waals surface area (Å²) in [5.74, 6) is -3.62. The quantitative estimate of drug-likeness (QED) is 0.294. The molecule has 0 saturated carbocycles. The van der Waals surface area contributed by atoms with Crippen molar-refractivity contribution in [1.82, 2.24) is 0 Å². The van der Waals surface area contributed by atoms with Gasteiger partial charge in [0.15, 0.2) is 5.60 Å². The molecule has 3 rings (SSSR count). The summed E-state index contributed by atoms with van der Waals surface area (Å²) in [6.07, 6.45) is -17.2. The number of carbonyl (C=O) groups is 2. The summed E-state index contributed by atoms with van der Waals surface area (Å²) >= 11 is 0. The molecule has 3 atom stereocenters. The molecule has 2 aromatic rings. The van der Waals surface area contributed by atoms with Crippen LogP contribution in [0.25, 0.3) is 0 Å². The number of alkyl halides is 9. The minimum absolute atomic E-state index is 0.0451. The molecular formula is C26H24F9NO5. The van der Waals surface area contributed by atoms with Gasteiger partial charge in [0, 0.05) is 12.0 Å². The fourth-order valence-corrected chi connectivity index (χ4v) is 4.91. The fraction of sp³-hybridized carbons (Fsp3) is 0.462. The van der Waals surface area contributed by atoms with Crippen LogP contribution < -0.4 is 4.90 Å². The lowest BCUT2D eigenvalue weighted by molar-refractivity contribution is -0.168. The van der Waals surface area contributed by atoms with Crippen molar-refractivity contribution in [3.8, 4) is 0 Å². The van der Waals surface area contributed by atoms with E-state index in [0.717, 1.165) is 11.0 Å². The molecule has 41 heavy (non-hydrogen) atoms. The van der Waals surface area contributed by atoms with E-state index in [1.807, 2.05) is 0 Å². The predicted octanol–water partition coefficient (Wildman–Crippen LogP) is 7.03. The lowest BCUT2D eigenvalue weighted by Gasteiger charge is -2.45. The van der Waals surface area contributed by atoms with Crippen LogP contribution in [0.15, 0.2) is 36.4 Å². The molecule has 1 heterocycles. The molecule has 0 unspecified atom stereocenters. The average Bonchev–Trinajstić information content (AvgIpc) is 2.89. The van der Waals surface area contributed by atoms with E-state index in [1.54, 1.807) is 0 Å². The third kappa shape index (κ3) is 6.09. The number of halogens is 9. The van der Waals surface area contributed by atoms with Gasteiger partial charge in [0.25, 0.3) is 0 Å². The summed E-state index contributed by atoms with van der Waals surface area (Å²) < 4.78 is 133. The Hall–Kier alpha value is -3.49. The Morgan fingerprint density at radius 1 is 0.854 bits per heavy atom. The molecule has 6 nitrogen and oxygen atoms in total. The minimum atomic E-state index is -5.37. The third-order valence-corrected chi connectivity index (χ3v) is 6.83. The topological polar surface area (TPSA) is 76.1 Å². The second-order valence-electron chi connectivity index (χ2n) is 9.24. The van der Waals surface area contributed by atoms with Gasteiger partial charge in [-0.1, -0.05) is 6.92 Å². The molecule has 1 amide bonds. The Bertz CT molecular complexity index is 1270. The van der Waals surface area contributed by atoms with Crippen LogP contribution in [0.2, 0.25) is 0 Å². The number of benzene rings is 2. The second kappa shape index (κ2) is 11.1. The highest BCUT2D eigenvalue weighted by atomic mass is 19.4. The molecule has 0 bridgehead atoms. The van der Waals surface area contributed by atoms with E-state index in [9.17, 15) is 54.2 Å². The summed E-state index contributed by atoms with van der Waals surface area (Å²) in [5.41, 5.74) is -10.5. The Morgan fingerprint density at radius 3 is 1.80 bits per heavy atom. The smallest absolute Gasteiger partial charge is 0.416 e. The number of amides is 1. The van der Waals surface area contributed by atoms with Crippen molar-refractivity contribution in [3.63, 3.8) is 0 Å². The van der Waals surface area contributed by atoms with Crippen LogP contribution in [0.5, 0.6) is 0 Å². The van der Waals surface area contributed by atoms with Crippen LogP contribution in [0, 0.1) is 0 Å². The monoisotopic (exact) mass is 601 g/mol. The summed E-state index contributed by atoms with van der Waals surface area (Å²) in [7, 11) is 0.698. The van der Waals surface area contributed by atoms with Crippen LogP contribution in [0.4, 0.5) is 50.0 Å². The van der Waals surface area contributed by atoms with Crippen molar-refractivity contribution in [2.24, 2.45) is 0 Å². The van der Waals surface area contributed by atoms with Gasteiger partial charge >= 0.3 is 30.6 Å². The zero-order valence-corrected chi connectivity index (χ0v) is 21.7. The van der Waals surface area contributed by atoms with Gasteiger partial charge < -0.3 is 14.6 Å². The number of hydrogen-bond acceptors (Lipinski definition) is 5. The van der Waals surface area contributed by atoms with Crippen LogP contribution in [0.3, 0.4) is 0 Å². The van der Waals surface area contributed by atoms with Gasteiger partial charge in [-0.2, -0.15) is 39.5 Å². The maximum Gasteiger partial charge on any atom is 0.416 e. The first-order valence-electron chi connectivity index (χ1n) is 12.1. The first kappa shape index (κ1) is 32.0. The number of anilines is 1. The normalized spacial score (nSPS) is 19.3. The highest BCUT2D eigenvalue weighted by Crippen LogP contribution is 2.52. The third-order valence-electron chi connectivity index (χ3n) is 6.83. The Morgan fingerprint density at radius 2 is 1.37 bits per heavy atom. The van der Waals surface area contributed by atoms with Gasteiger partial charge in [-0.3, -0.25) is 4.90 Å². The standard InChI is InChI=1S/C26H24F9NO5/c1-4-17-12-19(18-11-13(24(27,28)29)6-7-20(18)36(17)22(38)41-5-2)23(39,21(37)40-3)14-8-15(25(30,31)32)10-16(9-14)26(33,34)35/h6-11,17,19,39H,4-5,12H2,1-3H3/t17-,19-,23+/m1/s1. The highest BCUT2D eigenvalue weighted by Gasteiger charge is 2.54. The maximum atomic E-state index is 13.7. The van der Waals surface area contributed by atoms with Gasteiger partial charge in [-0.15, -0.1) is 0 Å². The molecular weight excluding hydrogens is 577 g/mol. The Kier molecular flexibility index (Phi) is 8.64. The number of rotatable bonds is 5. The van der Waals surface area contributed by atoms with Crippen LogP contribution >= 0.6 is 0 Å². The first-order chi connectivity index (χ1) is 18.8. The number of carbonyl (C=O) groups excluding carboxylic acids is 2. The van der Waals surface area contributed by atoms with Crippen molar-refractivity contribution in [2.75, 3.05) is 18.6 Å². The first-order valence-corrected chi connectivity index (χ1v) is 12.1. The zero-order chi connectivity index (χ0) is 31.1. The molecule has 0 fully saturated rings. The molecule has 1 N–H and O–H groups in total. The Balaban J connectivity index is 2.43. The van der Waals surface area contributed by atoms with E-state index in [0.29, 0.717) is 19.2 Å². The Labute approximate surface area is 227 Å². The lowest BCUT2D eigenvalue weighted by atomic mass is 9.70. The molecule has 2 aromatic carbocycles. The molecule has 1 aliphatic heterocycles. The van der Waals surface area contributed by atoms with E-state index in [2.05, 4.69) is 4.74 Å². The molecule has 1 aliphatic rings. The van der Waals surface area contributed by atoms with Crippen molar-refractivity contribution in [3.05, 3.63) is 64.2 Å². The summed E-state index contributed by atoms with van der Waals surface area (Å²) in [5, 5.41) is 11.8. The van der Waals surface area contributed by atoms with E-state index < -0.39 is 82.4 Å². The van der Waals surface area contributed by atoms with Crippen LogP contribution in [-0.2, 0) is 38.4 Å². The highest BCUT2D eigenvalue weighted by molar-refractivity contribution is 5.92. The number of aliphatic hydroxyl groups is 1. The van der Waals surface area contributed by atoms with Crippen molar-refractivity contribution < 1.29 is 63.7 Å². The van der Waals surface area contributed by atoms with Gasteiger partial charge in [-0.25, -0.2) is 9.59 Å².